The molecule has 0 radical (unpaired) electrons. The van der Waals surface area contributed by atoms with E-state index in [-0.39, 0.29) is 11.0 Å². The molecule has 1 aliphatic rings. The number of hydrogen-bond donors (Lipinski definition) is 1. The monoisotopic (exact) mass is 449 g/mol. The number of nitrogens with zero attached hydrogens (tertiary/aromatic N) is 3. The summed E-state index contributed by atoms with van der Waals surface area (Å²) >= 11 is 1.66. The topological polar surface area (TPSA) is 62.4 Å². The Balaban J connectivity index is 1.38. The first-order chi connectivity index (χ1) is 15.7. The number of phenolic OH excluding ortho intramolecular Hbond substituents is 1. The first kappa shape index (κ1) is 22.6. The van der Waals surface area contributed by atoms with Crippen LogP contribution in [0.15, 0.2) is 59.0 Å². The lowest BCUT2D eigenvalue weighted by molar-refractivity contribution is 0.335. The van der Waals surface area contributed by atoms with E-state index in [1.165, 1.54) is 44.5 Å². The van der Waals surface area contributed by atoms with Gasteiger partial charge in [0.05, 0.1) is 0 Å². The first-order valence-corrected chi connectivity index (χ1v) is 12.5. The average Bonchev–Trinajstić information content (AvgIpc) is 3.51. The van der Waals surface area contributed by atoms with Gasteiger partial charge in [-0.2, -0.15) is 0 Å². The van der Waals surface area contributed by atoms with Crippen molar-refractivity contribution in [3.63, 3.8) is 0 Å². The third kappa shape index (κ3) is 5.81. The molecule has 2 heterocycles. The highest BCUT2D eigenvalue weighted by molar-refractivity contribution is 7.99. The number of hydrogen-bond acceptors (Lipinski definition) is 6. The maximum atomic E-state index is 10.3. The molecule has 4 rings (SSSR count). The third-order valence-corrected chi connectivity index (χ3v) is 6.85. The van der Waals surface area contributed by atoms with E-state index in [4.69, 9.17) is 4.42 Å². The van der Waals surface area contributed by atoms with E-state index in [1.807, 2.05) is 30.3 Å². The lowest BCUT2D eigenvalue weighted by Crippen LogP contribution is -2.19. The Hall–Kier alpha value is -2.57. The van der Waals surface area contributed by atoms with Crippen molar-refractivity contribution < 1.29 is 9.52 Å². The Kier molecular flexibility index (Phi) is 8.02. The van der Waals surface area contributed by atoms with Crippen LogP contribution in [0.5, 0.6) is 5.75 Å². The van der Waals surface area contributed by atoms with Crippen LogP contribution in [0.4, 0.5) is 0 Å². The van der Waals surface area contributed by atoms with Crippen LogP contribution in [-0.4, -0.2) is 45.6 Å². The lowest BCUT2D eigenvalue weighted by atomic mass is 10.1. The summed E-state index contributed by atoms with van der Waals surface area (Å²) in [5, 5.41) is 18.6. The molecule has 0 aliphatic carbocycles. The zero-order valence-electron chi connectivity index (χ0n) is 18.6. The Morgan fingerprint density at radius 2 is 1.88 bits per heavy atom. The molecule has 1 fully saturated rings. The minimum Gasteiger partial charge on any atom is -0.508 e. The number of aromatic nitrogens is 2. The normalized spacial score (nSPS) is 15.5. The van der Waals surface area contributed by atoms with Gasteiger partial charge in [-0.3, -0.25) is 0 Å². The molecular formula is C26H31N3O2S. The summed E-state index contributed by atoms with van der Waals surface area (Å²) in [7, 11) is 0. The van der Waals surface area contributed by atoms with Gasteiger partial charge in [-0.15, -0.1) is 22.0 Å². The largest absolute Gasteiger partial charge is 0.508 e. The van der Waals surface area contributed by atoms with Gasteiger partial charge < -0.3 is 14.4 Å². The number of para-hydroxylation sites is 1. The second-order valence-electron chi connectivity index (χ2n) is 8.06. The summed E-state index contributed by atoms with van der Waals surface area (Å²) < 4.78 is 6.02. The summed E-state index contributed by atoms with van der Waals surface area (Å²) in [6, 6.07) is 15.5. The minimum atomic E-state index is -0.190. The second-order valence-corrected chi connectivity index (χ2v) is 9.44. The third-order valence-electron chi connectivity index (χ3n) is 5.73. The molecule has 6 heteroatoms. The van der Waals surface area contributed by atoms with E-state index in [9.17, 15) is 5.11 Å². The molecular weight excluding hydrogens is 418 g/mol. The molecule has 1 aliphatic heterocycles. The van der Waals surface area contributed by atoms with Gasteiger partial charge in [-0.05, 0) is 74.8 Å². The quantitative estimate of drug-likeness (QED) is 0.373. The van der Waals surface area contributed by atoms with Crippen molar-refractivity contribution >= 4 is 17.8 Å². The molecule has 0 amide bonds. The Morgan fingerprint density at radius 1 is 1.09 bits per heavy atom. The van der Waals surface area contributed by atoms with Gasteiger partial charge in [0.1, 0.15) is 11.0 Å². The Bertz CT molecular complexity index is 1010. The van der Waals surface area contributed by atoms with E-state index in [0.717, 1.165) is 23.3 Å². The standard InChI is InChI=1S/C26H31N3O2S/c1-2-32-24(22-11-5-6-12-23(22)30)26-28-27-25(31-26)21-15-13-20(14-16-21)10-4-3-7-17-29-18-8-9-19-29/h4-6,10-16,24,30H,2-3,7-9,17-19H2,1H3. The SMILES string of the molecule is CCSC(c1nnc(-c2ccc(C=CCCCN3CCCC3)cc2)o1)c1ccccc1O. The maximum absolute atomic E-state index is 10.3. The minimum absolute atomic E-state index is 0.190. The van der Waals surface area contributed by atoms with Gasteiger partial charge >= 0.3 is 0 Å². The number of unbranched alkanes of at least 4 members (excludes halogenated alkanes) is 1. The number of rotatable bonds is 10. The number of allylic oxidation sites excluding steroid dienone is 1. The van der Waals surface area contributed by atoms with Crippen molar-refractivity contribution in [1.82, 2.24) is 15.1 Å². The molecule has 0 saturated carbocycles. The summed E-state index contributed by atoms with van der Waals surface area (Å²) in [6.07, 6.45) is 9.47. The molecule has 168 valence electrons. The van der Waals surface area contributed by atoms with Crippen LogP contribution in [0.1, 0.15) is 54.9 Å². The molecule has 1 saturated heterocycles. The first-order valence-electron chi connectivity index (χ1n) is 11.5. The highest BCUT2D eigenvalue weighted by atomic mass is 32.2. The molecule has 2 aromatic carbocycles. The number of thioether (sulfide) groups is 1. The molecule has 5 nitrogen and oxygen atoms in total. The Morgan fingerprint density at radius 3 is 2.62 bits per heavy atom. The predicted molar refractivity (Wildman–Crippen MR) is 132 cm³/mol. The lowest BCUT2D eigenvalue weighted by Gasteiger charge is -2.13. The van der Waals surface area contributed by atoms with Gasteiger partial charge in [-0.25, -0.2) is 0 Å². The van der Waals surface area contributed by atoms with Gasteiger partial charge in [0.25, 0.3) is 0 Å². The van der Waals surface area contributed by atoms with Gasteiger partial charge in [-0.1, -0.05) is 49.4 Å². The van der Waals surface area contributed by atoms with Crippen LogP contribution in [-0.2, 0) is 0 Å². The van der Waals surface area contributed by atoms with Crippen LogP contribution in [0.25, 0.3) is 17.5 Å². The summed E-state index contributed by atoms with van der Waals surface area (Å²) in [4.78, 5) is 2.56. The fraction of sp³-hybridized carbons (Fsp3) is 0.385. The van der Waals surface area contributed by atoms with Crippen molar-refractivity contribution in [3.8, 4) is 17.2 Å². The molecule has 0 bridgehead atoms. The van der Waals surface area contributed by atoms with Gasteiger partial charge in [0, 0.05) is 11.1 Å². The maximum Gasteiger partial charge on any atom is 0.247 e. The highest BCUT2D eigenvalue weighted by Crippen LogP contribution is 2.39. The van der Waals surface area contributed by atoms with Gasteiger partial charge in [0.2, 0.25) is 11.8 Å². The van der Waals surface area contributed by atoms with Crippen molar-refractivity contribution in [1.29, 1.82) is 0 Å². The van der Waals surface area contributed by atoms with Crippen LogP contribution in [0.3, 0.4) is 0 Å². The average molecular weight is 450 g/mol. The van der Waals surface area contributed by atoms with Crippen molar-refractivity contribution in [2.45, 2.75) is 37.9 Å². The smallest absolute Gasteiger partial charge is 0.247 e. The van der Waals surface area contributed by atoms with Crippen LogP contribution in [0.2, 0.25) is 0 Å². The van der Waals surface area contributed by atoms with E-state index < -0.39 is 0 Å². The molecule has 1 atom stereocenters. The molecule has 0 spiro atoms. The van der Waals surface area contributed by atoms with E-state index in [2.05, 4.69) is 46.3 Å². The van der Waals surface area contributed by atoms with E-state index in [1.54, 1.807) is 17.8 Å². The summed E-state index contributed by atoms with van der Waals surface area (Å²) in [6.45, 7) is 5.83. The Labute approximate surface area is 194 Å². The number of likely N-dealkylation sites (tertiary alicyclic amines) is 1. The van der Waals surface area contributed by atoms with Crippen LogP contribution < -0.4 is 0 Å². The fourth-order valence-corrected chi connectivity index (χ4v) is 4.97. The molecule has 3 aromatic rings. The summed E-state index contributed by atoms with van der Waals surface area (Å²) in [5.74, 6) is 2.12. The predicted octanol–water partition coefficient (Wildman–Crippen LogP) is 6.17. The van der Waals surface area contributed by atoms with Gasteiger partial charge in [0.15, 0.2) is 0 Å². The second kappa shape index (κ2) is 11.3. The summed E-state index contributed by atoms with van der Waals surface area (Å²) in [5.41, 5.74) is 2.86. The zero-order valence-corrected chi connectivity index (χ0v) is 19.4. The van der Waals surface area contributed by atoms with E-state index in [0.29, 0.717) is 11.8 Å². The number of phenols is 1. The van der Waals surface area contributed by atoms with Crippen molar-refractivity contribution in [3.05, 3.63) is 71.6 Å². The van der Waals surface area contributed by atoms with Crippen LogP contribution >= 0.6 is 11.8 Å². The molecule has 1 unspecified atom stereocenters. The van der Waals surface area contributed by atoms with Crippen molar-refractivity contribution in [2.24, 2.45) is 0 Å². The van der Waals surface area contributed by atoms with Crippen LogP contribution in [0, 0.1) is 0 Å². The van der Waals surface area contributed by atoms with Crippen molar-refractivity contribution in [2.75, 3.05) is 25.4 Å². The molecule has 1 N–H and O–H groups in total. The zero-order chi connectivity index (χ0) is 22.2. The van der Waals surface area contributed by atoms with E-state index >= 15 is 0 Å². The fourth-order valence-electron chi connectivity index (χ4n) is 4.02. The molecule has 1 aromatic heterocycles. The number of aromatic hydroxyl groups is 1. The molecule has 32 heavy (non-hydrogen) atoms. The highest BCUT2D eigenvalue weighted by Gasteiger charge is 2.23. The number of benzene rings is 2.